The van der Waals surface area contributed by atoms with Crippen molar-refractivity contribution in [3.8, 4) is 0 Å². The van der Waals surface area contributed by atoms with Crippen LogP contribution in [0.15, 0.2) is 12.1 Å². The molecule has 0 spiro atoms. The second-order valence-corrected chi connectivity index (χ2v) is 6.51. The third-order valence-electron chi connectivity index (χ3n) is 4.51. The zero-order valence-corrected chi connectivity index (χ0v) is 14.7. The van der Waals surface area contributed by atoms with Crippen molar-refractivity contribution in [2.24, 2.45) is 0 Å². The summed E-state index contributed by atoms with van der Waals surface area (Å²) in [5.74, 6) is -0.0127. The van der Waals surface area contributed by atoms with Crippen LogP contribution in [0.3, 0.4) is 0 Å². The van der Waals surface area contributed by atoms with Crippen LogP contribution in [0, 0.1) is 13.8 Å². The van der Waals surface area contributed by atoms with Gasteiger partial charge in [0.1, 0.15) is 5.69 Å². The predicted octanol–water partition coefficient (Wildman–Crippen LogP) is 1.63. The lowest BCUT2D eigenvalue weighted by atomic mass is 10.0. The largest absolute Gasteiger partial charge is 0.378 e. The number of morpholine rings is 1. The first-order chi connectivity index (χ1) is 11.5. The number of amides is 1. The maximum Gasteiger partial charge on any atom is 0.269 e. The molecule has 0 aromatic carbocycles. The lowest BCUT2D eigenvalue weighted by molar-refractivity contribution is -0.0136. The quantitative estimate of drug-likeness (QED) is 0.893. The zero-order chi connectivity index (χ0) is 17.3. The van der Waals surface area contributed by atoms with Gasteiger partial charge in [0.2, 0.25) is 0 Å². The van der Waals surface area contributed by atoms with Gasteiger partial charge >= 0.3 is 0 Å². The first-order valence-corrected chi connectivity index (χ1v) is 8.20. The Morgan fingerprint density at radius 1 is 1.42 bits per heavy atom. The molecule has 1 amide bonds. The van der Waals surface area contributed by atoms with Gasteiger partial charge in [0.25, 0.3) is 5.91 Å². The van der Waals surface area contributed by atoms with Crippen LogP contribution >= 0.6 is 0 Å². The summed E-state index contributed by atoms with van der Waals surface area (Å²) in [7, 11) is 3.51. The summed E-state index contributed by atoms with van der Waals surface area (Å²) >= 11 is 0. The molecular formula is C17H25N5O2. The van der Waals surface area contributed by atoms with Gasteiger partial charge in [-0.1, -0.05) is 0 Å². The molecule has 0 bridgehead atoms. The highest BCUT2D eigenvalue weighted by molar-refractivity contribution is 5.92. The van der Waals surface area contributed by atoms with Gasteiger partial charge < -0.3 is 14.6 Å². The van der Waals surface area contributed by atoms with Gasteiger partial charge in [-0.25, -0.2) is 0 Å². The number of carbonyl (C=O) groups excluding carboxylic acids is 1. The fraction of sp³-hybridized carbons (Fsp3) is 0.529. The number of nitrogens with one attached hydrogen (secondary N) is 2. The highest BCUT2D eigenvalue weighted by atomic mass is 16.5. The molecule has 3 rings (SSSR count). The van der Waals surface area contributed by atoms with E-state index < -0.39 is 0 Å². The molecule has 0 saturated carbocycles. The van der Waals surface area contributed by atoms with Crippen LogP contribution < -0.4 is 0 Å². The molecule has 1 fully saturated rings. The number of ether oxygens (including phenoxy) is 1. The number of hydrogen-bond acceptors (Lipinski definition) is 4. The number of aromatic amines is 2. The summed E-state index contributed by atoms with van der Waals surface area (Å²) in [6.07, 6.45) is 0. The van der Waals surface area contributed by atoms with Crippen LogP contribution in [-0.4, -0.2) is 64.7 Å². The minimum Gasteiger partial charge on any atom is -0.378 e. The van der Waals surface area contributed by atoms with E-state index in [4.69, 9.17) is 4.74 Å². The minimum atomic E-state index is -0.0127. The fourth-order valence-electron chi connectivity index (χ4n) is 3.26. The molecule has 1 aliphatic rings. The van der Waals surface area contributed by atoms with E-state index >= 15 is 0 Å². The maximum atomic E-state index is 12.0. The average molecular weight is 331 g/mol. The molecule has 1 aliphatic heterocycles. The highest BCUT2D eigenvalue weighted by Crippen LogP contribution is 2.29. The van der Waals surface area contributed by atoms with Crippen LogP contribution in [0.25, 0.3) is 0 Å². The maximum absolute atomic E-state index is 12.0. The first-order valence-electron chi connectivity index (χ1n) is 8.20. The molecule has 24 heavy (non-hydrogen) atoms. The van der Waals surface area contributed by atoms with Crippen molar-refractivity contribution in [3.63, 3.8) is 0 Å². The van der Waals surface area contributed by atoms with E-state index in [1.807, 2.05) is 26.0 Å². The Balaban J connectivity index is 1.79. The van der Waals surface area contributed by atoms with Gasteiger partial charge in [0.15, 0.2) is 0 Å². The van der Waals surface area contributed by atoms with Gasteiger partial charge in [-0.05, 0) is 26.0 Å². The van der Waals surface area contributed by atoms with Crippen molar-refractivity contribution in [2.45, 2.75) is 26.4 Å². The SMILES string of the molecule is Cc1n[nH]c(C)c1C1COCCN1Cc1ccc(C(=O)N(C)C)[nH]1. The molecule has 2 N–H and O–H groups in total. The monoisotopic (exact) mass is 331 g/mol. The molecule has 7 heteroatoms. The summed E-state index contributed by atoms with van der Waals surface area (Å²) in [5, 5.41) is 7.37. The second kappa shape index (κ2) is 6.78. The Morgan fingerprint density at radius 2 is 2.21 bits per heavy atom. The molecule has 1 saturated heterocycles. The predicted molar refractivity (Wildman–Crippen MR) is 90.8 cm³/mol. The van der Waals surface area contributed by atoms with E-state index in [1.165, 1.54) is 5.56 Å². The van der Waals surface area contributed by atoms with Crippen LogP contribution in [0.5, 0.6) is 0 Å². The molecule has 0 aliphatic carbocycles. The first kappa shape index (κ1) is 16.7. The van der Waals surface area contributed by atoms with Crippen molar-refractivity contribution >= 4 is 5.91 Å². The third-order valence-corrected chi connectivity index (χ3v) is 4.51. The smallest absolute Gasteiger partial charge is 0.269 e. The number of hydrogen-bond donors (Lipinski definition) is 2. The number of aryl methyl sites for hydroxylation is 2. The van der Waals surface area contributed by atoms with Crippen LogP contribution in [0.4, 0.5) is 0 Å². The summed E-state index contributed by atoms with van der Waals surface area (Å²) in [6.45, 7) is 7.05. The highest BCUT2D eigenvalue weighted by Gasteiger charge is 2.29. The fourth-order valence-corrected chi connectivity index (χ4v) is 3.26. The Hall–Kier alpha value is -2.12. The second-order valence-electron chi connectivity index (χ2n) is 6.51. The Kier molecular flexibility index (Phi) is 4.73. The Bertz CT molecular complexity index is 699. The number of H-pyrrole nitrogens is 2. The Morgan fingerprint density at radius 3 is 2.88 bits per heavy atom. The molecule has 2 aromatic heterocycles. The van der Waals surface area contributed by atoms with E-state index in [0.29, 0.717) is 12.3 Å². The molecule has 1 atom stereocenters. The van der Waals surface area contributed by atoms with E-state index in [9.17, 15) is 4.79 Å². The topological polar surface area (TPSA) is 77.2 Å². The number of rotatable bonds is 4. The molecule has 7 nitrogen and oxygen atoms in total. The van der Waals surface area contributed by atoms with Crippen molar-refractivity contribution in [1.82, 2.24) is 25.0 Å². The average Bonchev–Trinajstić information content (AvgIpc) is 3.14. The van der Waals surface area contributed by atoms with Crippen molar-refractivity contribution in [1.29, 1.82) is 0 Å². The molecule has 3 heterocycles. The number of aromatic nitrogens is 3. The minimum absolute atomic E-state index is 0.0127. The van der Waals surface area contributed by atoms with E-state index in [0.717, 1.165) is 36.8 Å². The lowest BCUT2D eigenvalue weighted by Gasteiger charge is -2.35. The van der Waals surface area contributed by atoms with E-state index in [1.54, 1.807) is 19.0 Å². The van der Waals surface area contributed by atoms with Crippen LogP contribution in [0.1, 0.15) is 39.2 Å². The van der Waals surface area contributed by atoms with E-state index in [-0.39, 0.29) is 11.9 Å². The summed E-state index contributed by atoms with van der Waals surface area (Å²) in [5.41, 5.74) is 4.97. The zero-order valence-electron chi connectivity index (χ0n) is 14.7. The summed E-state index contributed by atoms with van der Waals surface area (Å²) < 4.78 is 5.70. The van der Waals surface area contributed by atoms with E-state index in [2.05, 4.69) is 20.1 Å². The normalized spacial score (nSPS) is 18.8. The lowest BCUT2D eigenvalue weighted by Crippen LogP contribution is -2.39. The van der Waals surface area contributed by atoms with Gasteiger partial charge in [0.05, 0.1) is 24.9 Å². The third kappa shape index (κ3) is 3.22. The van der Waals surface area contributed by atoms with Crippen LogP contribution in [0.2, 0.25) is 0 Å². The molecule has 130 valence electrons. The summed E-state index contributed by atoms with van der Waals surface area (Å²) in [6, 6.07) is 4.01. The number of carbonyl (C=O) groups is 1. The van der Waals surface area contributed by atoms with Crippen molar-refractivity contribution in [3.05, 3.63) is 40.5 Å². The van der Waals surface area contributed by atoms with Crippen LogP contribution in [-0.2, 0) is 11.3 Å². The standard InChI is InChI=1S/C17H25N5O2/c1-11-16(12(2)20-19-11)15-10-24-8-7-22(15)9-13-5-6-14(18-13)17(23)21(3)4/h5-6,15,18H,7-10H2,1-4H3,(H,19,20). The van der Waals surface area contributed by atoms with Gasteiger partial charge in [0, 0.05) is 44.1 Å². The van der Waals surface area contributed by atoms with Crippen molar-refractivity contribution in [2.75, 3.05) is 33.9 Å². The summed E-state index contributed by atoms with van der Waals surface area (Å²) in [4.78, 5) is 19.2. The van der Waals surface area contributed by atoms with Gasteiger partial charge in [-0.3, -0.25) is 14.8 Å². The van der Waals surface area contributed by atoms with Gasteiger partial charge in [-0.15, -0.1) is 0 Å². The Labute approximate surface area is 142 Å². The molecule has 0 radical (unpaired) electrons. The van der Waals surface area contributed by atoms with Gasteiger partial charge in [-0.2, -0.15) is 5.10 Å². The molecular weight excluding hydrogens is 306 g/mol. The molecule has 2 aromatic rings. The molecule has 1 unspecified atom stereocenters. The van der Waals surface area contributed by atoms with Crippen molar-refractivity contribution < 1.29 is 9.53 Å². The number of nitrogens with zero attached hydrogens (tertiary/aromatic N) is 3.